The summed E-state index contributed by atoms with van der Waals surface area (Å²) in [4.78, 5) is 17.9. The van der Waals surface area contributed by atoms with Crippen molar-refractivity contribution >= 4 is 21.6 Å². The van der Waals surface area contributed by atoms with E-state index >= 15 is 0 Å². The van der Waals surface area contributed by atoms with Crippen molar-refractivity contribution in [2.24, 2.45) is 0 Å². The molecule has 1 aromatic rings. The number of carbonyl (C=O) groups excluding carboxylic acids is 1. The Hall–Kier alpha value is -1.67. The first-order valence-electron chi connectivity index (χ1n) is 6.64. The third-order valence-corrected chi connectivity index (χ3v) is 5.21. The Bertz CT molecular complexity index is 645. The van der Waals surface area contributed by atoms with Crippen LogP contribution in [0.4, 0.5) is 5.82 Å². The maximum atomic E-state index is 12.0. The molecule has 0 spiro atoms. The standard InChI is InChI=1S/C13H19N3O4S/c1-9-3-4-11(17)13(14-9)15-12(18)7-10-8-21(19,20)6-5-16(10)2/h3-4,10,17H,5-8H2,1-2H3,(H,14,15,18). The minimum atomic E-state index is -3.08. The molecule has 21 heavy (non-hydrogen) atoms. The Kier molecular flexibility index (Phi) is 4.48. The zero-order chi connectivity index (χ0) is 15.6. The van der Waals surface area contributed by atoms with Crippen molar-refractivity contribution in [1.82, 2.24) is 9.88 Å². The van der Waals surface area contributed by atoms with Crippen LogP contribution >= 0.6 is 0 Å². The third kappa shape index (κ3) is 4.15. The number of aromatic nitrogens is 1. The van der Waals surface area contributed by atoms with Gasteiger partial charge in [-0.1, -0.05) is 0 Å². The summed E-state index contributed by atoms with van der Waals surface area (Å²) >= 11 is 0. The van der Waals surface area contributed by atoms with Crippen molar-refractivity contribution in [3.63, 3.8) is 0 Å². The van der Waals surface area contributed by atoms with Gasteiger partial charge in [0.25, 0.3) is 0 Å². The maximum absolute atomic E-state index is 12.0. The highest BCUT2D eigenvalue weighted by atomic mass is 32.2. The fourth-order valence-corrected chi connectivity index (χ4v) is 3.91. The summed E-state index contributed by atoms with van der Waals surface area (Å²) in [6.45, 7) is 2.17. The van der Waals surface area contributed by atoms with Crippen LogP contribution in [0.1, 0.15) is 12.1 Å². The molecule has 2 N–H and O–H groups in total. The van der Waals surface area contributed by atoms with Crippen LogP contribution < -0.4 is 5.32 Å². The molecule has 1 amide bonds. The molecule has 0 aromatic carbocycles. The van der Waals surface area contributed by atoms with E-state index in [2.05, 4.69) is 10.3 Å². The van der Waals surface area contributed by atoms with Crippen molar-refractivity contribution in [1.29, 1.82) is 0 Å². The van der Waals surface area contributed by atoms with Gasteiger partial charge in [-0.15, -0.1) is 0 Å². The Morgan fingerprint density at radius 3 is 2.95 bits per heavy atom. The van der Waals surface area contributed by atoms with Crippen LogP contribution in [0.5, 0.6) is 5.75 Å². The van der Waals surface area contributed by atoms with Crippen LogP contribution in [-0.4, -0.2) is 60.5 Å². The van der Waals surface area contributed by atoms with Crippen molar-refractivity contribution in [3.05, 3.63) is 17.8 Å². The molecule has 1 saturated heterocycles. The average Bonchev–Trinajstić information content (AvgIpc) is 2.38. The van der Waals surface area contributed by atoms with Gasteiger partial charge >= 0.3 is 0 Å². The quantitative estimate of drug-likeness (QED) is 0.824. The zero-order valence-corrected chi connectivity index (χ0v) is 12.9. The monoisotopic (exact) mass is 313 g/mol. The van der Waals surface area contributed by atoms with E-state index in [4.69, 9.17) is 0 Å². The summed E-state index contributed by atoms with van der Waals surface area (Å²) in [6.07, 6.45) is 0.0464. The first kappa shape index (κ1) is 15.7. The van der Waals surface area contributed by atoms with Gasteiger partial charge in [0.1, 0.15) is 0 Å². The van der Waals surface area contributed by atoms with Crippen molar-refractivity contribution < 1.29 is 18.3 Å². The molecule has 0 bridgehead atoms. The summed E-state index contributed by atoms with van der Waals surface area (Å²) in [5.41, 5.74) is 0.667. The first-order chi connectivity index (χ1) is 9.77. The van der Waals surface area contributed by atoms with E-state index in [9.17, 15) is 18.3 Å². The highest BCUT2D eigenvalue weighted by molar-refractivity contribution is 7.91. The van der Waals surface area contributed by atoms with Gasteiger partial charge < -0.3 is 15.3 Å². The van der Waals surface area contributed by atoms with Gasteiger partial charge in [0.05, 0.1) is 11.5 Å². The van der Waals surface area contributed by atoms with Crippen LogP contribution in [0.2, 0.25) is 0 Å². The lowest BCUT2D eigenvalue weighted by atomic mass is 10.2. The second-order valence-corrected chi connectivity index (χ2v) is 7.55. The smallest absolute Gasteiger partial charge is 0.227 e. The Balaban J connectivity index is 2.02. The number of aromatic hydroxyl groups is 1. The second kappa shape index (κ2) is 5.98. The first-order valence-corrected chi connectivity index (χ1v) is 8.46. The maximum Gasteiger partial charge on any atom is 0.227 e. The van der Waals surface area contributed by atoms with E-state index in [1.165, 1.54) is 6.07 Å². The van der Waals surface area contributed by atoms with Crippen molar-refractivity contribution in [2.45, 2.75) is 19.4 Å². The lowest BCUT2D eigenvalue weighted by Crippen LogP contribution is -2.47. The van der Waals surface area contributed by atoms with E-state index in [-0.39, 0.29) is 41.4 Å². The Morgan fingerprint density at radius 2 is 2.24 bits per heavy atom. The Labute approximate surface area is 123 Å². The number of hydrogen-bond acceptors (Lipinski definition) is 6. The number of anilines is 1. The molecule has 1 aliphatic heterocycles. The number of sulfone groups is 1. The van der Waals surface area contributed by atoms with Gasteiger partial charge in [-0.05, 0) is 26.1 Å². The topological polar surface area (TPSA) is 99.6 Å². The van der Waals surface area contributed by atoms with Crippen molar-refractivity contribution in [3.8, 4) is 5.75 Å². The molecule has 1 unspecified atom stereocenters. The van der Waals surface area contributed by atoms with Gasteiger partial charge in [-0.2, -0.15) is 0 Å². The Morgan fingerprint density at radius 1 is 1.52 bits per heavy atom. The molecule has 0 aliphatic carbocycles. The molecule has 1 fully saturated rings. The number of aryl methyl sites for hydroxylation is 1. The summed E-state index contributed by atoms with van der Waals surface area (Å²) in [5, 5.41) is 12.2. The molecular weight excluding hydrogens is 294 g/mol. The van der Waals surface area contributed by atoms with Gasteiger partial charge in [0, 0.05) is 24.7 Å². The minimum absolute atomic E-state index is 0.0237. The number of nitrogens with zero attached hydrogens (tertiary/aromatic N) is 2. The van der Waals surface area contributed by atoms with E-state index in [1.54, 1.807) is 20.0 Å². The fraction of sp³-hybridized carbons (Fsp3) is 0.538. The SMILES string of the molecule is Cc1ccc(O)c(NC(=O)CC2CS(=O)(=O)CCN2C)n1. The van der Waals surface area contributed by atoms with Crippen molar-refractivity contribution in [2.75, 3.05) is 30.4 Å². The summed E-state index contributed by atoms with van der Waals surface area (Å²) in [6, 6.07) is 2.73. The second-order valence-electron chi connectivity index (χ2n) is 5.32. The predicted octanol–water partition coefficient (Wildman–Crippen LogP) is 0.153. The largest absolute Gasteiger partial charge is 0.504 e. The summed E-state index contributed by atoms with van der Waals surface area (Å²) < 4.78 is 23.3. The molecule has 1 aromatic heterocycles. The van der Waals surface area contributed by atoms with E-state index < -0.39 is 9.84 Å². The predicted molar refractivity (Wildman–Crippen MR) is 79.0 cm³/mol. The van der Waals surface area contributed by atoms with E-state index in [0.717, 1.165) is 0 Å². The van der Waals surface area contributed by atoms with E-state index in [1.807, 2.05) is 4.90 Å². The normalized spacial score (nSPS) is 21.9. The number of amides is 1. The summed E-state index contributed by atoms with van der Waals surface area (Å²) in [7, 11) is -1.28. The van der Waals surface area contributed by atoms with Crippen LogP contribution in [-0.2, 0) is 14.6 Å². The zero-order valence-electron chi connectivity index (χ0n) is 12.0. The lowest BCUT2D eigenvalue weighted by molar-refractivity contribution is -0.117. The van der Waals surface area contributed by atoms with Crippen LogP contribution in [0.15, 0.2) is 12.1 Å². The van der Waals surface area contributed by atoms with Gasteiger partial charge in [-0.25, -0.2) is 13.4 Å². The average molecular weight is 313 g/mol. The fourth-order valence-electron chi connectivity index (χ4n) is 2.22. The molecule has 0 radical (unpaired) electrons. The van der Waals surface area contributed by atoms with E-state index in [0.29, 0.717) is 12.2 Å². The number of carbonyl (C=O) groups is 1. The van der Waals surface area contributed by atoms with Crippen LogP contribution in [0, 0.1) is 6.92 Å². The number of hydrogen-bond donors (Lipinski definition) is 2. The highest BCUT2D eigenvalue weighted by Gasteiger charge is 2.30. The highest BCUT2D eigenvalue weighted by Crippen LogP contribution is 2.21. The minimum Gasteiger partial charge on any atom is -0.504 e. The molecule has 1 aliphatic rings. The molecule has 1 atom stereocenters. The van der Waals surface area contributed by atoms with Gasteiger partial charge in [0.15, 0.2) is 21.4 Å². The van der Waals surface area contributed by atoms with Crippen LogP contribution in [0.25, 0.3) is 0 Å². The molecule has 0 saturated carbocycles. The number of pyridine rings is 1. The molecule has 7 nitrogen and oxygen atoms in total. The third-order valence-electron chi connectivity index (χ3n) is 3.52. The molecule has 2 heterocycles. The molecule has 116 valence electrons. The van der Waals surface area contributed by atoms with Gasteiger partial charge in [-0.3, -0.25) is 4.79 Å². The summed E-state index contributed by atoms with van der Waals surface area (Å²) in [5.74, 6) is -0.274. The lowest BCUT2D eigenvalue weighted by Gasteiger charge is -2.31. The molecule has 2 rings (SSSR count). The number of nitrogens with one attached hydrogen (secondary N) is 1. The molecule has 8 heteroatoms. The van der Waals surface area contributed by atoms with Crippen LogP contribution in [0.3, 0.4) is 0 Å². The molecular formula is C13H19N3O4S. The number of rotatable bonds is 3. The van der Waals surface area contributed by atoms with Gasteiger partial charge in [0.2, 0.25) is 5.91 Å².